The van der Waals surface area contributed by atoms with Gasteiger partial charge in [0.2, 0.25) is 5.78 Å². The quantitative estimate of drug-likeness (QED) is 0.285. The van der Waals surface area contributed by atoms with E-state index in [9.17, 15) is 45.6 Å². The van der Waals surface area contributed by atoms with Crippen LogP contribution in [0, 0.1) is 0 Å². The number of carbonyl (C=O) groups is 1. The predicted molar refractivity (Wildman–Crippen MR) is 104 cm³/mol. The predicted octanol–water partition coefficient (Wildman–Crippen LogP) is -1.00. The van der Waals surface area contributed by atoms with Crippen LogP contribution in [0.25, 0.3) is 0 Å². The minimum atomic E-state index is -1.82. The van der Waals surface area contributed by atoms with Crippen LogP contribution in [0.5, 0.6) is 23.0 Å². The maximum atomic E-state index is 12.9. The van der Waals surface area contributed by atoms with Crippen molar-refractivity contribution in [3.63, 3.8) is 0 Å². The number of ketones is 1. The Labute approximate surface area is 181 Å². The van der Waals surface area contributed by atoms with E-state index in [1.54, 1.807) is 0 Å². The molecular formula is C21H22O11. The molecule has 0 amide bonds. The van der Waals surface area contributed by atoms with Gasteiger partial charge >= 0.3 is 0 Å². The van der Waals surface area contributed by atoms with Crippen molar-refractivity contribution in [3.8, 4) is 23.0 Å². The van der Waals surface area contributed by atoms with Crippen molar-refractivity contribution in [1.29, 1.82) is 0 Å². The highest BCUT2D eigenvalue weighted by molar-refractivity contribution is 6.06. The third-order valence-electron chi connectivity index (χ3n) is 5.74. The van der Waals surface area contributed by atoms with Crippen LogP contribution in [0.1, 0.15) is 33.7 Å². The molecule has 0 radical (unpaired) electrons. The number of rotatable bonds is 3. The average molecular weight is 450 g/mol. The highest BCUT2D eigenvalue weighted by atomic mass is 16.5. The van der Waals surface area contributed by atoms with Crippen molar-refractivity contribution in [3.05, 3.63) is 47.0 Å². The summed E-state index contributed by atoms with van der Waals surface area (Å²) in [6.45, 7) is -0.733. The van der Waals surface area contributed by atoms with Gasteiger partial charge in [-0.2, -0.15) is 0 Å². The van der Waals surface area contributed by atoms with Gasteiger partial charge in [-0.3, -0.25) is 4.79 Å². The van der Waals surface area contributed by atoms with Gasteiger partial charge in [-0.05, 0) is 17.7 Å². The zero-order chi connectivity index (χ0) is 23.3. The van der Waals surface area contributed by atoms with Crippen LogP contribution in [-0.4, -0.2) is 83.8 Å². The Balaban J connectivity index is 1.76. The zero-order valence-electron chi connectivity index (χ0n) is 16.4. The molecule has 2 aromatic rings. The van der Waals surface area contributed by atoms with Crippen LogP contribution in [0.2, 0.25) is 0 Å². The molecule has 0 aromatic heterocycles. The van der Waals surface area contributed by atoms with E-state index in [4.69, 9.17) is 9.47 Å². The van der Waals surface area contributed by atoms with Gasteiger partial charge in [-0.25, -0.2) is 0 Å². The van der Waals surface area contributed by atoms with E-state index in [2.05, 4.69) is 0 Å². The number of hydrogen-bond donors (Lipinski definition) is 8. The first-order valence-electron chi connectivity index (χ1n) is 9.72. The maximum absolute atomic E-state index is 12.9. The third kappa shape index (κ3) is 3.45. The van der Waals surface area contributed by atoms with Gasteiger partial charge in [0.05, 0.1) is 12.2 Å². The Hall–Kier alpha value is -2.93. The van der Waals surface area contributed by atoms with Crippen molar-refractivity contribution >= 4 is 5.78 Å². The van der Waals surface area contributed by atoms with E-state index in [-0.39, 0.29) is 11.5 Å². The van der Waals surface area contributed by atoms with E-state index in [1.165, 1.54) is 24.3 Å². The number of Topliss-reactive ketones (excluding diaryl/α,β-unsaturated/α-hetero) is 1. The Kier molecular flexibility index (Phi) is 5.71. The molecule has 11 heteroatoms. The molecule has 1 saturated heterocycles. The van der Waals surface area contributed by atoms with Crippen molar-refractivity contribution in [2.45, 2.75) is 42.7 Å². The van der Waals surface area contributed by atoms with Crippen molar-refractivity contribution in [2.75, 3.05) is 6.61 Å². The SMILES string of the molecule is O=C1c2c(cc(O)c(C3O[C@H](CO)[C@@H](O)[C@H](O)[C@H]3O)c2O)O[C@H](c2ccc(O)cc2)[C@H]1O. The van der Waals surface area contributed by atoms with Gasteiger partial charge in [-0.15, -0.1) is 0 Å². The van der Waals surface area contributed by atoms with Gasteiger partial charge < -0.3 is 50.3 Å². The number of aromatic hydroxyl groups is 3. The zero-order valence-corrected chi connectivity index (χ0v) is 16.4. The van der Waals surface area contributed by atoms with Crippen LogP contribution >= 0.6 is 0 Å². The number of aliphatic hydroxyl groups is 5. The van der Waals surface area contributed by atoms with E-state index in [0.29, 0.717) is 5.56 Å². The Bertz CT molecular complexity index is 1020. The fraction of sp³-hybridized carbons (Fsp3) is 0.381. The summed E-state index contributed by atoms with van der Waals surface area (Å²) in [7, 11) is 0. The number of benzene rings is 2. The normalized spacial score (nSPS) is 32.3. The maximum Gasteiger partial charge on any atom is 0.202 e. The molecular weight excluding hydrogens is 428 g/mol. The van der Waals surface area contributed by atoms with Crippen LogP contribution in [0.3, 0.4) is 0 Å². The standard InChI is InChI=1S/C21H22O11/c22-6-11-14(25)17(28)19(30)21(32-11)12-9(24)5-10-13(15(12)26)16(27)18(29)20(31-10)7-1-3-8(23)4-2-7/h1-5,11,14,17-26,28-30H,6H2/t11-,14-,17+,18+,19-,20-,21?/m1/s1. The molecule has 1 unspecified atom stereocenters. The molecule has 0 saturated carbocycles. The highest BCUT2D eigenvalue weighted by Gasteiger charge is 2.48. The van der Waals surface area contributed by atoms with Crippen LogP contribution < -0.4 is 4.74 Å². The lowest BCUT2D eigenvalue weighted by molar-refractivity contribution is -0.232. The average Bonchev–Trinajstić information content (AvgIpc) is 2.76. The van der Waals surface area contributed by atoms with E-state index < -0.39 is 77.7 Å². The second-order valence-corrected chi connectivity index (χ2v) is 7.72. The smallest absolute Gasteiger partial charge is 0.202 e. The molecule has 0 bridgehead atoms. The number of aliphatic hydroxyl groups excluding tert-OH is 5. The van der Waals surface area contributed by atoms with Crippen molar-refractivity contribution in [2.24, 2.45) is 0 Å². The Morgan fingerprint density at radius 1 is 0.875 bits per heavy atom. The van der Waals surface area contributed by atoms with Gasteiger partial charge in [-0.1, -0.05) is 12.1 Å². The fourth-order valence-corrected chi connectivity index (χ4v) is 4.00. The monoisotopic (exact) mass is 450 g/mol. The summed E-state index contributed by atoms with van der Waals surface area (Å²) in [6.07, 6.45) is -11.1. The van der Waals surface area contributed by atoms with Crippen LogP contribution in [-0.2, 0) is 4.74 Å². The summed E-state index contributed by atoms with van der Waals surface area (Å²) in [4.78, 5) is 12.9. The van der Waals surface area contributed by atoms with Gasteiger partial charge in [0, 0.05) is 6.07 Å². The summed E-state index contributed by atoms with van der Waals surface area (Å²) in [6, 6.07) is 6.53. The van der Waals surface area contributed by atoms with Crippen molar-refractivity contribution in [1.82, 2.24) is 0 Å². The number of carbonyl (C=O) groups excluding carboxylic acids is 1. The molecule has 2 aliphatic rings. The molecule has 0 spiro atoms. The molecule has 2 heterocycles. The largest absolute Gasteiger partial charge is 0.508 e. The van der Waals surface area contributed by atoms with E-state index >= 15 is 0 Å². The minimum Gasteiger partial charge on any atom is -0.508 e. The summed E-state index contributed by atoms with van der Waals surface area (Å²) < 4.78 is 11.0. The fourth-order valence-electron chi connectivity index (χ4n) is 4.00. The lowest BCUT2D eigenvalue weighted by Crippen LogP contribution is -2.55. The topological polar surface area (TPSA) is 197 Å². The number of hydrogen-bond acceptors (Lipinski definition) is 11. The second-order valence-electron chi connectivity index (χ2n) is 7.72. The van der Waals surface area contributed by atoms with Crippen molar-refractivity contribution < 1.29 is 55.1 Å². The lowest BCUT2D eigenvalue weighted by atomic mass is 9.86. The van der Waals surface area contributed by atoms with Gasteiger partial charge in [0.15, 0.2) is 12.2 Å². The molecule has 2 aliphatic heterocycles. The number of phenols is 3. The van der Waals surface area contributed by atoms with Gasteiger partial charge in [0.1, 0.15) is 59.1 Å². The summed E-state index contributed by atoms with van der Waals surface area (Å²) in [5.74, 6) is -2.73. The minimum absolute atomic E-state index is 0.0368. The molecule has 2 aromatic carbocycles. The molecule has 172 valence electrons. The summed E-state index contributed by atoms with van der Waals surface area (Å²) >= 11 is 0. The Morgan fingerprint density at radius 2 is 1.53 bits per heavy atom. The molecule has 32 heavy (non-hydrogen) atoms. The van der Waals surface area contributed by atoms with Gasteiger partial charge in [0.25, 0.3) is 0 Å². The molecule has 11 nitrogen and oxygen atoms in total. The number of fused-ring (bicyclic) bond motifs is 1. The number of phenolic OH excluding ortho intramolecular Hbond substituents is 3. The molecule has 7 atom stereocenters. The summed E-state index contributed by atoms with van der Waals surface area (Å²) in [5.41, 5.74) is -0.600. The van der Waals surface area contributed by atoms with E-state index in [1.807, 2.05) is 0 Å². The third-order valence-corrected chi connectivity index (χ3v) is 5.74. The summed E-state index contributed by atoms with van der Waals surface area (Å²) in [5, 5.41) is 80.9. The second kappa shape index (κ2) is 8.20. The molecule has 8 N–H and O–H groups in total. The molecule has 0 aliphatic carbocycles. The molecule has 4 rings (SSSR count). The molecule has 1 fully saturated rings. The van der Waals surface area contributed by atoms with Crippen LogP contribution in [0.15, 0.2) is 30.3 Å². The lowest BCUT2D eigenvalue weighted by Gasteiger charge is -2.41. The first-order chi connectivity index (χ1) is 15.1. The first-order valence-corrected chi connectivity index (χ1v) is 9.72. The van der Waals surface area contributed by atoms with Crippen LogP contribution in [0.4, 0.5) is 0 Å². The number of ether oxygens (including phenoxy) is 2. The highest BCUT2D eigenvalue weighted by Crippen LogP contribution is 2.49. The van der Waals surface area contributed by atoms with E-state index in [0.717, 1.165) is 6.07 Å². The Morgan fingerprint density at radius 3 is 2.16 bits per heavy atom. The first kappa shape index (κ1) is 22.3.